The highest BCUT2D eigenvalue weighted by Gasteiger charge is 2.42. The summed E-state index contributed by atoms with van der Waals surface area (Å²) in [5.74, 6) is -1.79. The first-order chi connectivity index (χ1) is 16.4. The van der Waals surface area contributed by atoms with E-state index in [0.29, 0.717) is 23.5 Å². The lowest BCUT2D eigenvalue weighted by Gasteiger charge is -2.34. The number of alkyl halides is 1. The smallest absolute Gasteiger partial charge is 0.309 e. The molecule has 1 aliphatic heterocycles. The minimum absolute atomic E-state index is 0.158. The van der Waals surface area contributed by atoms with Crippen molar-refractivity contribution in [2.24, 2.45) is 17.3 Å². The summed E-state index contributed by atoms with van der Waals surface area (Å²) in [6.07, 6.45) is 5.51. The number of nitrogens with zero attached hydrogens (tertiary/aromatic N) is 1. The Balaban J connectivity index is 2.37. The number of ketones is 1. The summed E-state index contributed by atoms with van der Waals surface area (Å²) >= 11 is 1.22. The number of aliphatic hydroxyl groups excluding tert-OH is 2. The summed E-state index contributed by atoms with van der Waals surface area (Å²) in [4.78, 5) is 30.2. The van der Waals surface area contributed by atoms with Crippen LogP contribution in [0.2, 0.25) is 0 Å². The van der Waals surface area contributed by atoms with Crippen molar-refractivity contribution in [1.29, 1.82) is 0 Å². The van der Waals surface area contributed by atoms with E-state index in [0.717, 1.165) is 11.1 Å². The first-order valence-corrected chi connectivity index (χ1v) is 12.9. The van der Waals surface area contributed by atoms with E-state index in [-0.39, 0.29) is 18.1 Å². The molecule has 0 radical (unpaired) electrons. The Hall–Kier alpha value is -2.16. The van der Waals surface area contributed by atoms with Crippen LogP contribution in [-0.2, 0) is 21.0 Å². The molecule has 0 aromatic carbocycles. The predicted octanol–water partition coefficient (Wildman–Crippen LogP) is 5.20. The van der Waals surface area contributed by atoms with Crippen molar-refractivity contribution in [3.8, 4) is 0 Å². The van der Waals surface area contributed by atoms with Gasteiger partial charge in [-0.2, -0.15) is 0 Å². The van der Waals surface area contributed by atoms with Crippen molar-refractivity contribution in [3.05, 3.63) is 45.5 Å². The number of rotatable bonds is 3. The third kappa shape index (κ3) is 7.92. The molecule has 2 heterocycles. The standard InChI is InChI=1S/C27H38FNO5S/c1-16-8-7-9-17(2)25(32)19(4)26(33)27(5,6)22(30)13-24(31)34-21(11-10-16)18(3)12-20-15-35-23(14-28)29-20/h7-8,10,12,15,17,19,21-22,25,30,32H,9,11,13-14H2,1-6H3/t17-,19+,21-,22-,25-/m0/s1. The van der Waals surface area contributed by atoms with Crippen LogP contribution >= 0.6 is 11.3 Å². The van der Waals surface area contributed by atoms with Gasteiger partial charge in [0.1, 0.15) is 23.6 Å². The maximum atomic E-state index is 13.1. The average molecular weight is 508 g/mol. The minimum atomic E-state index is -1.27. The number of hydrogen-bond acceptors (Lipinski definition) is 7. The Morgan fingerprint density at radius 2 is 1.97 bits per heavy atom. The fourth-order valence-corrected chi connectivity index (χ4v) is 4.69. The molecule has 0 amide bonds. The fourth-order valence-electron chi connectivity index (χ4n) is 4.09. The molecule has 0 aliphatic carbocycles. The van der Waals surface area contributed by atoms with Crippen LogP contribution < -0.4 is 0 Å². The molecule has 0 fully saturated rings. The number of ether oxygens (including phenoxy) is 1. The number of Topliss-reactive ketones (excluding diaryl/α,β-unsaturated/α-hetero) is 1. The second-order valence-corrected chi connectivity index (χ2v) is 11.0. The van der Waals surface area contributed by atoms with Crippen molar-refractivity contribution in [2.75, 3.05) is 0 Å². The molecule has 5 atom stereocenters. The Bertz CT molecular complexity index is 980. The monoisotopic (exact) mass is 507 g/mol. The molecule has 1 aromatic heterocycles. The van der Waals surface area contributed by atoms with Gasteiger partial charge in [0.25, 0.3) is 0 Å². The highest BCUT2D eigenvalue weighted by molar-refractivity contribution is 7.09. The summed E-state index contributed by atoms with van der Waals surface area (Å²) < 4.78 is 18.6. The topological polar surface area (TPSA) is 96.7 Å². The van der Waals surface area contributed by atoms with E-state index in [1.165, 1.54) is 11.3 Å². The predicted molar refractivity (Wildman–Crippen MR) is 136 cm³/mol. The van der Waals surface area contributed by atoms with Gasteiger partial charge in [0.2, 0.25) is 0 Å². The molecule has 2 rings (SSSR count). The van der Waals surface area contributed by atoms with Crippen molar-refractivity contribution in [1.82, 2.24) is 4.98 Å². The largest absolute Gasteiger partial charge is 0.457 e. The summed E-state index contributed by atoms with van der Waals surface area (Å²) in [6, 6.07) is 0. The minimum Gasteiger partial charge on any atom is -0.457 e. The van der Waals surface area contributed by atoms with Crippen molar-refractivity contribution >= 4 is 29.2 Å². The van der Waals surface area contributed by atoms with Gasteiger partial charge in [-0.3, -0.25) is 9.59 Å². The molecule has 0 saturated carbocycles. The van der Waals surface area contributed by atoms with Crippen LogP contribution in [0.15, 0.2) is 34.8 Å². The Morgan fingerprint density at radius 3 is 2.60 bits per heavy atom. The molecule has 35 heavy (non-hydrogen) atoms. The lowest BCUT2D eigenvalue weighted by molar-refractivity contribution is -0.154. The number of esters is 1. The molecule has 1 aliphatic rings. The number of hydrogen-bond donors (Lipinski definition) is 2. The summed E-state index contributed by atoms with van der Waals surface area (Å²) in [5.41, 5.74) is 1.05. The molecule has 8 heteroatoms. The Kier molecular flexibility index (Phi) is 10.5. The van der Waals surface area contributed by atoms with Crippen LogP contribution in [0.3, 0.4) is 0 Å². The van der Waals surface area contributed by atoms with Gasteiger partial charge in [-0.1, -0.05) is 51.5 Å². The molecule has 1 aromatic rings. The zero-order valence-electron chi connectivity index (χ0n) is 21.5. The van der Waals surface area contributed by atoms with Gasteiger partial charge < -0.3 is 14.9 Å². The second kappa shape index (κ2) is 12.7. The van der Waals surface area contributed by atoms with Crippen molar-refractivity contribution < 1.29 is 28.9 Å². The van der Waals surface area contributed by atoms with Gasteiger partial charge in [0.05, 0.1) is 29.7 Å². The van der Waals surface area contributed by atoms with E-state index in [9.17, 15) is 24.2 Å². The number of carbonyl (C=O) groups excluding carboxylic acids is 2. The SMILES string of the molecule is CC1=CC[C@@H](C(C)=Cc2csc(CF)n2)OC(=O)C[C@H](O)C(C)(C)C(=O)[C@H](C)[C@@H](O)[C@@H](C)CC=C1. The van der Waals surface area contributed by atoms with Gasteiger partial charge in [-0.15, -0.1) is 11.3 Å². The van der Waals surface area contributed by atoms with Crippen molar-refractivity contribution in [2.45, 2.75) is 85.8 Å². The van der Waals surface area contributed by atoms with Gasteiger partial charge in [-0.25, -0.2) is 9.37 Å². The highest BCUT2D eigenvalue weighted by atomic mass is 32.1. The van der Waals surface area contributed by atoms with Gasteiger partial charge in [-0.05, 0) is 37.8 Å². The zero-order chi connectivity index (χ0) is 26.3. The average Bonchev–Trinajstić information content (AvgIpc) is 3.26. The first-order valence-electron chi connectivity index (χ1n) is 12.0. The van der Waals surface area contributed by atoms with Crippen LogP contribution in [0.5, 0.6) is 0 Å². The molecule has 0 unspecified atom stereocenters. The molecule has 6 nitrogen and oxygen atoms in total. The third-order valence-electron chi connectivity index (χ3n) is 6.72. The Morgan fingerprint density at radius 1 is 1.29 bits per heavy atom. The molecule has 0 spiro atoms. The van der Waals surface area contributed by atoms with Gasteiger partial charge >= 0.3 is 5.97 Å². The molecule has 2 N–H and O–H groups in total. The molecule has 0 saturated heterocycles. The fraction of sp³-hybridized carbons (Fsp3) is 0.593. The number of aromatic nitrogens is 1. The highest BCUT2D eigenvalue weighted by Crippen LogP contribution is 2.32. The summed E-state index contributed by atoms with van der Waals surface area (Å²) in [7, 11) is 0. The number of thiazole rings is 1. The number of carbonyl (C=O) groups is 2. The quantitative estimate of drug-likeness (QED) is 0.546. The third-order valence-corrected chi connectivity index (χ3v) is 7.55. The zero-order valence-corrected chi connectivity index (χ0v) is 22.3. The maximum absolute atomic E-state index is 13.1. The van der Waals surface area contributed by atoms with Crippen molar-refractivity contribution in [3.63, 3.8) is 0 Å². The first kappa shape index (κ1) is 29.1. The number of halogens is 1. The van der Waals surface area contributed by atoms with E-state index >= 15 is 0 Å². The molecular weight excluding hydrogens is 469 g/mol. The van der Waals surface area contributed by atoms with E-state index in [1.54, 1.807) is 32.2 Å². The van der Waals surface area contributed by atoms with E-state index in [4.69, 9.17) is 4.74 Å². The normalized spacial score (nSPS) is 29.6. The number of aliphatic hydroxyl groups is 2. The summed E-state index contributed by atoms with van der Waals surface area (Å²) in [5, 5.41) is 23.7. The lowest BCUT2D eigenvalue weighted by Crippen LogP contribution is -2.45. The maximum Gasteiger partial charge on any atom is 0.309 e. The van der Waals surface area contributed by atoms with Crippen LogP contribution in [0, 0.1) is 17.3 Å². The molecular formula is C27H38FNO5S. The Labute approximate surface area is 211 Å². The molecule has 194 valence electrons. The van der Waals surface area contributed by atoms with E-state index < -0.39 is 42.3 Å². The molecule has 0 bridgehead atoms. The van der Waals surface area contributed by atoms with E-state index in [2.05, 4.69) is 4.98 Å². The summed E-state index contributed by atoms with van der Waals surface area (Å²) in [6.45, 7) is 9.84. The van der Waals surface area contributed by atoms with Gasteiger partial charge in [0, 0.05) is 17.7 Å². The second-order valence-electron chi connectivity index (χ2n) is 10.1. The van der Waals surface area contributed by atoms with Gasteiger partial charge in [0.15, 0.2) is 0 Å². The van der Waals surface area contributed by atoms with E-state index in [1.807, 2.05) is 39.0 Å². The van der Waals surface area contributed by atoms with Crippen LogP contribution in [0.4, 0.5) is 4.39 Å². The lowest BCUT2D eigenvalue weighted by atomic mass is 9.73. The number of cyclic esters (lactones) is 1. The van der Waals surface area contributed by atoms with Crippen LogP contribution in [0.1, 0.15) is 71.5 Å². The van der Waals surface area contributed by atoms with Crippen LogP contribution in [-0.4, -0.2) is 45.3 Å². The number of allylic oxidation sites excluding steroid dienone is 3. The van der Waals surface area contributed by atoms with Crippen LogP contribution in [0.25, 0.3) is 6.08 Å².